The molecule has 2 aromatic rings. The smallest absolute Gasteiger partial charge is 0.241 e. The molecule has 1 N–H and O–H groups in total. The molecule has 29 heavy (non-hydrogen) atoms. The van der Waals surface area contributed by atoms with Crippen molar-refractivity contribution in [3.05, 3.63) is 36.0 Å². The quantitative estimate of drug-likeness (QED) is 0.834. The van der Waals surface area contributed by atoms with Crippen molar-refractivity contribution < 1.29 is 18.5 Å². The molecule has 4 rings (SSSR count). The van der Waals surface area contributed by atoms with Gasteiger partial charge in [-0.25, -0.2) is 4.39 Å². The third-order valence-electron chi connectivity index (χ3n) is 5.79. The number of benzene rings is 1. The summed E-state index contributed by atoms with van der Waals surface area (Å²) in [6.45, 7) is 1.16. The minimum atomic E-state index is -0.358. The molecule has 1 saturated heterocycles. The van der Waals surface area contributed by atoms with Gasteiger partial charge in [-0.3, -0.25) is 9.59 Å². The monoisotopic (exact) mass is 400 g/mol. The van der Waals surface area contributed by atoms with Crippen LogP contribution in [-0.2, 0) is 9.59 Å². The molecule has 154 valence electrons. The van der Waals surface area contributed by atoms with Crippen LogP contribution in [0.3, 0.4) is 0 Å². The van der Waals surface area contributed by atoms with Crippen LogP contribution < -0.4 is 5.32 Å². The number of carbonyl (C=O) groups excluding carboxylic acids is 2. The van der Waals surface area contributed by atoms with Gasteiger partial charge in [0.2, 0.25) is 23.5 Å². The maximum absolute atomic E-state index is 13.4. The summed E-state index contributed by atoms with van der Waals surface area (Å²) in [7, 11) is 0. The van der Waals surface area contributed by atoms with Gasteiger partial charge in [0.25, 0.3) is 0 Å². The van der Waals surface area contributed by atoms with Crippen LogP contribution in [0.25, 0.3) is 11.4 Å². The zero-order valence-electron chi connectivity index (χ0n) is 16.3. The second kappa shape index (κ2) is 8.71. The molecule has 0 radical (unpaired) electrons. The van der Waals surface area contributed by atoms with E-state index in [1.54, 1.807) is 17.0 Å². The molecule has 2 heterocycles. The highest BCUT2D eigenvalue weighted by Crippen LogP contribution is 2.28. The summed E-state index contributed by atoms with van der Waals surface area (Å²) in [6.07, 6.45) is 5.66. The summed E-state index contributed by atoms with van der Waals surface area (Å²) in [4.78, 5) is 30.9. The Morgan fingerprint density at radius 2 is 2.03 bits per heavy atom. The molecule has 1 atom stereocenters. The van der Waals surface area contributed by atoms with Crippen molar-refractivity contribution in [2.45, 2.75) is 44.4 Å². The van der Waals surface area contributed by atoms with Crippen LogP contribution in [0.1, 0.15) is 50.3 Å². The van der Waals surface area contributed by atoms with Gasteiger partial charge < -0.3 is 14.7 Å². The molecule has 1 aliphatic carbocycles. The molecule has 1 unspecified atom stereocenters. The van der Waals surface area contributed by atoms with Crippen molar-refractivity contribution in [1.82, 2.24) is 20.4 Å². The standard InChI is InChI=1S/C21H25FN4O3/c22-17-9-3-7-15(11-17)19-24-21(29-25-19)16-8-4-10-26(13-16)18(27)12-23-20(28)14-5-1-2-6-14/h3,7,9,11,14,16H,1-2,4-6,8,10,12-13H2,(H,23,28). The Hall–Kier alpha value is -2.77. The average molecular weight is 400 g/mol. The number of nitrogens with zero attached hydrogens (tertiary/aromatic N) is 3. The predicted octanol–water partition coefficient (Wildman–Crippen LogP) is 2.89. The molecule has 2 fully saturated rings. The van der Waals surface area contributed by atoms with Gasteiger partial charge in [0.1, 0.15) is 5.82 Å². The first-order valence-electron chi connectivity index (χ1n) is 10.2. The van der Waals surface area contributed by atoms with Crippen LogP contribution in [0.4, 0.5) is 4.39 Å². The van der Waals surface area contributed by atoms with Crippen molar-refractivity contribution in [3.63, 3.8) is 0 Å². The number of amides is 2. The summed E-state index contributed by atoms with van der Waals surface area (Å²) in [5.74, 6) is 0.322. The van der Waals surface area contributed by atoms with Gasteiger partial charge in [0.05, 0.1) is 12.5 Å². The number of piperidine rings is 1. The number of halogens is 1. The number of nitrogens with one attached hydrogen (secondary N) is 1. The molecular weight excluding hydrogens is 375 g/mol. The number of aromatic nitrogens is 2. The lowest BCUT2D eigenvalue weighted by Crippen LogP contribution is -2.45. The van der Waals surface area contributed by atoms with Crippen LogP contribution >= 0.6 is 0 Å². The van der Waals surface area contributed by atoms with E-state index in [4.69, 9.17) is 4.52 Å². The van der Waals surface area contributed by atoms with E-state index in [0.29, 0.717) is 30.4 Å². The average Bonchev–Trinajstić information content (AvgIpc) is 3.44. The number of hydrogen-bond acceptors (Lipinski definition) is 5. The predicted molar refractivity (Wildman–Crippen MR) is 103 cm³/mol. The highest BCUT2D eigenvalue weighted by molar-refractivity contribution is 5.86. The Bertz CT molecular complexity index is 878. The summed E-state index contributed by atoms with van der Waals surface area (Å²) in [6, 6.07) is 6.04. The van der Waals surface area contributed by atoms with E-state index in [1.807, 2.05) is 0 Å². The third kappa shape index (κ3) is 4.63. The first-order chi connectivity index (χ1) is 14.1. The maximum atomic E-state index is 13.4. The molecule has 0 bridgehead atoms. The van der Waals surface area contributed by atoms with Gasteiger partial charge in [-0.05, 0) is 37.8 Å². The molecule has 1 aromatic carbocycles. The fraction of sp³-hybridized carbons (Fsp3) is 0.524. The van der Waals surface area contributed by atoms with Crippen LogP contribution in [-0.4, -0.2) is 46.5 Å². The fourth-order valence-corrected chi connectivity index (χ4v) is 4.16. The number of rotatable bonds is 5. The molecule has 1 aliphatic heterocycles. The minimum Gasteiger partial charge on any atom is -0.347 e. The van der Waals surface area contributed by atoms with Crippen molar-refractivity contribution in [2.75, 3.05) is 19.6 Å². The van der Waals surface area contributed by atoms with Crippen molar-refractivity contribution in [1.29, 1.82) is 0 Å². The maximum Gasteiger partial charge on any atom is 0.241 e. The van der Waals surface area contributed by atoms with E-state index >= 15 is 0 Å². The van der Waals surface area contributed by atoms with E-state index in [0.717, 1.165) is 38.5 Å². The van der Waals surface area contributed by atoms with Gasteiger partial charge in [0.15, 0.2) is 0 Å². The van der Waals surface area contributed by atoms with Crippen LogP contribution in [0.15, 0.2) is 28.8 Å². The van der Waals surface area contributed by atoms with Crippen LogP contribution in [0.2, 0.25) is 0 Å². The number of hydrogen-bond donors (Lipinski definition) is 1. The van der Waals surface area contributed by atoms with Crippen LogP contribution in [0, 0.1) is 11.7 Å². The topological polar surface area (TPSA) is 88.3 Å². The molecule has 8 heteroatoms. The van der Waals surface area contributed by atoms with E-state index in [1.165, 1.54) is 12.1 Å². The summed E-state index contributed by atoms with van der Waals surface area (Å²) in [5, 5.41) is 6.75. The SMILES string of the molecule is O=C(NCC(=O)N1CCCC(c2nc(-c3cccc(F)c3)no2)C1)C1CCCC1. The largest absolute Gasteiger partial charge is 0.347 e. The first-order valence-corrected chi connectivity index (χ1v) is 10.2. The molecule has 7 nitrogen and oxygen atoms in total. The molecule has 1 aromatic heterocycles. The lowest BCUT2D eigenvalue weighted by atomic mass is 9.98. The normalized spacial score (nSPS) is 20.0. The lowest BCUT2D eigenvalue weighted by molar-refractivity contribution is -0.134. The lowest BCUT2D eigenvalue weighted by Gasteiger charge is -2.31. The second-order valence-electron chi connectivity index (χ2n) is 7.84. The molecule has 0 spiro atoms. The minimum absolute atomic E-state index is 0.0129. The van der Waals surface area contributed by atoms with E-state index in [9.17, 15) is 14.0 Å². The van der Waals surface area contributed by atoms with Gasteiger partial charge in [-0.1, -0.05) is 30.1 Å². The van der Waals surface area contributed by atoms with Crippen molar-refractivity contribution in [3.8, 4) is 11.4 Å². The Morgan fingerprint density at radius 3 is 2.83 bits per heavy atom. The van der Waals surface area contributed by atoms with E-state index in [-0.39, 0.29) is 36.0 Å². The molecule has 2 aliphatic rings. The summed E-state index contributed by atoms with van der Waals surface area (Å²) in [5.41, 5.74) is 0.554. The highest BCUT2D eigenvalue weighted by Gasteiger charge is 2.29. The van der Waals surface area contributed by atoms with Crippen molar-refractivity contribution >= 4 is 11.8 Å². The van der Waals surface area contributed by atoms with E-state index < -0.39 is 0 Å². The second-order valence-corrected chi connectivity index (χ2v) is 7.84. The molecule has 1 saturated carbocycles. The molecule has 2 amide bonds. The Morgan fingerprint density at radius 1 is 1.21 bits per heavy atom. The van der Waals surface area contributed by atoms with Gasteiger partial charge in [-0.15, -0.1) is 0 Å². The van der Waals surface area contributed by atoms with Crippen LogP contribution in [0.5, 0.6) is 0 Å². The summed E-state index contributed by atoms with van der Waals surface area (Å²) >= 11 is 0. The van der Waals surface area contributed by atoms with Gasteiger partial charge in [-0.2, -0.15) is 4.98 Å². The number of likely N-dealkylation sites (tertiary alicyclic amines) is 1. The first kappa shape index (κ1) is 19.5. The Balaban J connectivity index is 1.34. The van der Waals surface area contributed by atoms with E-state index in [2.05, 4.69) is 15.5 Å². The summed E-state index contributed by atoms with van der Waals surface area (Å²) < 4.78 is 18.8. The Labute approximate surface area is 168 Å². The number of carbonyl (C=O) groups is 2. The van der Waals surface area contributed by atoms with Crippen molar-refractivity contribution in [2.24, 2.45) is 5.92 Å². The fourth-order valence-electron chi connectivity index (χ4n) is 4.16. The zero-order chi connectivity index (χ0) is 20.2. The zero-order valence-corrected chi connectivity index (χ0v) is 16.3. The van der Waals surface area contributed by atoms with Gasteiger partial charge in [0, 0.05) is 24.6 Å². The third-order valence-corrected chi connectivity index (χ3v) is 5.79. The molecular formula is C21H25FN4O3. The Kier molecular flexibility index (Phi) is 5.87. The van der Waals surface area contributed by atoms with Gasteiger partial charge >= 0.3 is 0 Å². The highest BCUT2D eigenvalue weighted by atomic mass is 19.1.